The van der Waals surface area contributed by atoms with Crippen molar-refractivity contribution in [2.45, 2.75) is 44.4 Å². The van der Waals surface area contributed by atoms with E-state index in [4.69, 9.17) is 4.74 Å². The van der Waals surface area contributed by atoms with E-state index in [2.05, 4.69) is 63.3 Å². The number of fused-ring (bicyclic) bond motifs is 2. The fourth-order valence-corrected chi connectivity index (χ4v) is 5.19. The minimum absolute atomic E-state index is 0.168. The molecule has 29 heavy (non-hydrogen) atoms. The minimum Gasteiger partial charge on any atom is -0.393 e. The van der Waals surface area contributed by atoms with E-state index in [0.29, 0.717) is 18.4 Å². The highest BCUT2D eigenvalue weighted by atomic mass is 16.5. The summed E-state index contributed by atoms with van der Waals surface area (Å²) >= 11 is 0. The first-order valence-corrected chi connectivity index (χ1v) is 10.5. The van der Waals surface area contributed by atoms with Crippen molar-refractivity contribution in [2.75, 3.05) is 19.0 Å². The van der Waals surface area contributed by atoms with Crippen molar-refractivity contribution < 1.29 is 9.84 Å². The average molecular weight is 393 g/mol. The lowest BCUT2D eigenvalue weighted by atomic mass is 10.0. The molecule has 2 aliphatic rings. The molecule has 152 valence electrons. The van der Waals surface area contributed by atoms with Gasteiger partial charge in [-0.1, -0.05) is 31.2 Å². The molecule has 2 N–H and O–H groups in total. The number of nitrogens with zero attached hydrogens (tertiary/aromatic N) is 3. The number of anilines is 1. The number of hydrogen-bond acceptors (Lipinski definition) is 5. The fraction of sp³-hybridized carbons (Fsp3) is 0.478. The van der Waals surface area contributed by atoms with Crippen LogP contribution in [0, 0.1) is 11.8 Å². The summed E-state index contributed by atoms with van der Waals surface area (Å²) in [5, 5.41) is 14.9. The normalized spacial score (nSPS) is 28.7. The highest BCUT2D eigenvalue weighted by Crippen LogP contribution is 2.40. The van der Waals surface area contributed by atoms with E-state index in [1.165, 1.54) is 11.1 Å². The van der Waals surface area contributed by atoms with E-state index < -0.39 is 0 Å². The van der Waals surface area contributed by atoms with Gasteiger partial charge in [-0.05, 0) is 42.4 Å². The van der Waals surface area contributed by atoms with Gasteiger partial charge >= 0.3 is 0 Å². The van der Waals surface area contributed by atoms with Gasteiger partial charge in [0.25, 0.3) is 0 Å². The van der Waals surface area contributed by atoms with Crippen molar-refractivity contribution in [1.29, 1.82) is 0 Å². The van der Waals surface area contributed by atoms with Crippen molar-refractivity contribution in [3.8, 4) is 0 Å². The Morgan fingerprint density at radius 2 is 2.07 bits per heavy atom. The lowest BCUT2D eigenvalue weighted by molar-refractivity contribution is 0.139. The highest BCUT2D eigenvalue weighted by molar-refractivity contribution is 5.87. The van der Waals surface area contributed by atoms with Gasteiger partial charge < -0.3 is 19.7 Å². The third-order valence-corrected chi connectivity index (χ3v) is 6.73. The lowest BCUT2D eigenvalue weighted by Crippen LogP contribution is -2.21. The van der Waals surface area contributed by atoms with Crippen LogP contribution in [0.25, 0.3) is 11.0 Å². The van der Waals surface area contributed by atoms with Gasteiger partial charge in [0.15, 0.2) is 0 Å². The average Bonchev–Trinajstić information content (AvgIpc) is 3.39. The molecule has 0 unspecified atom stereocenters. The third-order valence-electron chi connectivity index (χ3n) is 6.73. The molecular weight excluding hydrogens is 364 g/mol. The second kappa shape index (κ2) is 7.43. The predicted octanol–water partition coefficient (Wildman–Crippen LogP) is 3.74. The molecule has 5 rings (SSSR count). The van der Waals surface area contributed by atoms with Gasteiger partial charge in [-0.25, -0.2) is 9.97 Å². The van der Waals surface area contributed by atoms with Crippen molar-refractivity contribution in [3.05, 3.63) is 54.0 Å². The Kier molecular flexibility index (Phi) is 4.76. The van der Waals surface area contributed by atoms with Gasteiger partial charge in [0.2, 0.25) is 0 Å². The van der Waals surface area contributed by atoms with Crippen LogP contribution in [-0.2, 0) is 11.2 Å². The van der Waals surface area contributed by atoms with Gasteiger partial charge in [0, 0.05) is 25.3 Å². The van der Waals surface area contributed by atoms with Gasteiger partial charge in [0.05, 0.1) is 24.1 Å². The molecule has 1 aromatic carbocycles. The molecule has 2 heterocycles. The smallest absolute Gasteiger partial charge is 0.145 e. The summed E-state index contributed by atoms with van der Waals surface area (Å²) in [6.45, 7) is 2.82. The van der Waals surface area contributed by atoms with Crippen LogP contribution in [0.2, 0.25) is 0 Å². The zero-order valence-corrected chi connectivity index (χ0v) is 17.0. The predicted molar refractivity (Wildman–Crippen MR) is 113 cm³/mol. The van der Waals surface area contributed by atoms with Crippen LogP contribution in [0.15, 0.2) is 42.9 Å². The second-order valence-corrected chi connectivity index (χ2v) is 8.59. The first-order chi connectivity index (χ1) is 14.2. The number of hydrogen-bond donors (Lipinski definition) is 2. The molecule has 5 atom stereocenters. The maximum atomic E-state index is 10.2. The van der Waals surface area contributed by atoms with Crippen molar-refractivity contribution in [2.24, 2.45) is 11.8 Å². The number of aliphatic hydroxyl groups excluding tert-OH is 1. The van der Waals surface area contributed by atoms with E-state index in [1.807, 2.05) is 0 Å². The molecule has 0 spiro atoms. The highest BCUT2D eigenvalue weighted by Gasteiger charge is 2.34. The van der Waals surface area contributed by atoms with Gasteiger partial charge in [-0.2, -0.15) is 0 Å². The molecule has 0 bridgehead atoms. The SMILES string of the molecule is COC[C@@H]1Cc2ccccc2[C@@H]1Nc1ncnc2c1ccn2[C@@H]1C[C@H](C)[C@@H](O)C1. The summed E-state index contributed by atoms with van der Waals surface area (Å²) in [5.41, 5.74) is 3.64. The molecule has 0 radical (unpaired) electrons. The molecule has 6 nitrogen and oxygen atoms in total. The zero-order valence-electron chi connectivity index (χ0n) is 17.0. The maximum absolute atomic E-state index is 10.2. The number of methoxy groups -OCH3 is 1. The number of ether oxygens (including phenoxy) is 1. The Morgan fingerprint density at radius 3 is 2.86 bits per heavy atom. The summed E-state index contributed by atoms with van der Waals surface area (Å²) < 4.78 is 7.72. The van der Waals surface area contributed by atoms with Crippen LogP contribution in [0.5, 0.6) is 0 Å². The molecule has 0 amide bonds. The Balaban J connectivity index is 1.48. The first kappa shape index (κ1) is 18.6. The standard InChI is InChI=1S/C23H28N4O2/c1-14-9-17(11-20(14)28)27-8-7-19-22(24-13-25-23(19)27)26-21-16(12-29-2)10-15-5-3-4-6-18(15)21/h3-8,13-14,16-17,20-21,28H,9-12H2,1-2H3,(H,24,25,26)/t14-,16-,17+,20-,21+/m0/s1. The Morgan fingerprint density at radius 1 is 1.21 bits per heavy atom. The number of aliphatic hydroxyl groups is 1. The number of aromatic nitrogens is 3. The van der Waals surface area contributed by atoms with E-state index in [-0.39, 0.29) is 18.2 Å². The first-order valence-electron chi connectivity index (χ1n) is 10.5. The Hall–Kier alpha value is -2.44. The van der Waals surface area contributed by atoms with Crippen LogP contribution >= 0.6 is 0 Å². The zero-order chi connectivity index (χ0) is 20.0. The number of benzene rings is 1. The Bertz CT molecular complexity index is 1010. The molecule has 0 aliphatic heterocycles. The number of rotatable bonds is 5. The minimum atomic E-state index is -0.235. The summed E-state index contributed by atoms with van der Waals surface area (Å²) in [6.07, 6.45) is 6.26. The van der Waals surface area contributed by atoms with Crippen LogP contribution < -0.4 is 5.32 Å². The topological polar surface area (TPSA) is 72.2 Å². The quantitative estimate of drug-likeness (QED) is 0.692. The molecule has 1 saturated carbocycles. The summed E-state index contributed by atoms with van der Waals surface area (Å²) in [6, 6.07) is 11.2. The summed E-state index contributed by atoms with van der Waals surface area (Å²) in [5.74, 6) is 1.56. The molecule has 6 heteroatoms. The van der Waals surface area contributed by atoms with Gasteiger partial charge in [-0.3, -0.25) is 0 Å². The van der Waals surface area contributed by atoms with E-state index in [1.54, 1.807) is 13.4 Å². The summed E-state index contributed by atoms with van der Waals surface area (Å²) in [4.78, 5) is 9.16. The maximum Gasteiger partial charge on any atom is 0.145 e. The largest absolute Gasteiger partial charge is 0.393 e. The van der Waals surface area contributed by atoms with Crippen molar-refractivity contribution >= 4 is 16.9 Å². The van der Waals surface area contributed by atoms with Gasteiger partial charge in [-0.15, -0.1) is 0 Å². The van der Waals surface area contributed by atoms with E-state index in [0.717, 1.165) is 36.1 Å². The van der Waals surface area contributed by atoms with Crippen LogP contribution in [-0.4, -0.2) is 39.5 Å². The molecule has 2 aliphatic carbocycles. The van der Waals surface area contributed by atoms with Gasteiger partial charge in [0.1, 0.15) is 17.8 Å². The lowest BCUT2D eigenvalue weighted by Gasteiger charge is -2.22. The summed E-state index contributed by atoms with van der Waals surface area (Å²) in [7, 11) is 1.76. The Labute approximate surface area is 170 Å². The molecule has 2 aromatic heterocycles. The van der Waals surface area contributed by atoms with Crippen LogP contribution in [0.4, 0.5) is 5.82 Å². The molecular formula is C23H28N4O2. The molecule has 0 saturated heterocycles. The van der Waals surface area contributed by atoms with Crippen LogP contribution in [0.3, 0.4) is 0 Å². The van der Waals surface area contributed by atoms with Crippen molar-refractivity contribution in [1.82, 2.24) is 14.5 Å². The van der Waals surface area contributed by atoms with Crippen molar-refractivity contribution in [3.63, 3.8) is 0 Å². The fourth-order valence-electron chi connectivity index (χ4n) is 5.19. The monoisotopic (exact) mass is 392 g/mol. The van der Waals surface area contributed by atoms with E-state index in [9.17, 15) is 5.11 Å². The van der Waals surface area contributed by atoms with E-state index >= 15 is 0 Å². The number of nitrogens with one attached hydrogen (secondary N) is 1. The second-order valence-electron chi connectivity index (χ2n) is 8.59. The third kappa shape index (κ3) is 3.20. The van der Waals surface area contributed by atoms with Crippen LogP contribution in [0.1, 0.15) is 43.0 Å². The molecule has 3 aromatic rings. The molecule has 1 fully saturated rings.